The summed E-state index contributed by atoms with van der Waals surface area (Å²) in [7, 11) is 0. The minimum Gasteiger partial charge on any atom is -0.491 e. The largest absolute Gasteiger partial charge is 0.491 e. The first-order chi connectivity index (χ1) is 22.9. The van der Waals surface area contributed by atoms with E-state index in [9.17, 15) is 33.7 Å². The van der Waals surface area contributed by atoms with Crippen molar-refractivity contribution in [1.29, 1.82) is 0 Å². The number of allylic oxidation sites excluding steroid dienone is 2. The number of halogens is 3. The second-order valence-electron chi connectivity index (χ2n) is 12.2. The highest BCUT2D eigenvalue weighted by Gasteiger charge is 2.76. The molecule has 2 aliphatic heterocycles. The topological polar surface area (TPSA) is 147 Å². The van der Waals surface area contributed by atoms with Crippen LogP contribution in [0.3, 0.4) is 0 Å². The maximum Gasteiger partial charge on any atom is 0.271 e. The number of carbonyl (C=O) groups is 4. The fourth-order valence-electron chi connectivity index (χ4n) is 7.69. The number of benzene rings is 3. The van der Waals surface area contributed by atoms with Crippen LogP contribution in [0.1, 0.15) is 24.3 Å². The number of hydrogen-bond acceptors (Lipinski definition) is 8. The smallest absolute Gasteiger partial charge is 0.271 e. The van der Waals surface area contributed by atoms with Gasteiger partial charge in [0.1, 0.15) is 18.2 Å². The molecule has 14 heteroatoms. The third kappa shape index (κ3) is 4.50. The summed E-state index contributed by atoms with van der Waals surface area (Å²) in [5.41, 5.74) is 0.841. The second kappa shape index (κ2) is 11.5. The first-order valence-electron chi connectivity index (χ1n) is 15.1. The summed E-state index contributed by atoms with van der Waals surface area (Å²) in [6.07, 6.45) is 1.60. The van der Waals surface area contributed by atoms with Gasteiger partial charge in [-0.3, -0.25) is 29.3 Å². The Morgan fingerprint density at radius 1 is 0.917 bits per heavy atom. The van der Waals surface area contributed by atoms with Crippen LogP contribution >= 0.6 is 23.2 Å². The van der Waals surface area contributed by atoms with Crippen molar-refractivity contribution < 1.29 is 38.3 Å². The van der Waals surface area contributed by atoms with Gasteiger partial charge in [-0.15, -0.1) is 23.2 Å². The van der Waals surface area contributed by atoms with E-state index in [-0.39, 0.29) is 43.1 Å². The van der Waals surface area contributed by atoms with Crippen molar-refractivity contribution in [3.8, 4) is 5.75 Å². The Hall–Kier alpha value is -4.65. The number of nitrogens with zero attached hydrogens (tertiary/aromatic N) is 3. The van der Waals surface area contributed by atoms with E-state index in [2.05, 4.69) is 0 Å². The Kier molecular flexibility index (Phi) is 7.65. The molecule has 1 N–H and O–H groups in total. The number of ether oxygens (including phenoxy) is 1. The molecule has 3 aromatic rings. The van der Waals surface area contributed by atoms with Crippen LogP contribution < -0.4 is 14.5 Å². The molecule has 1 saturated carbocycles. The lowest BCUT2D eigenvalue weighted by atomic mass is 9.56. The summed E-state index contributed by atoms with van der Waals surface area (Å²) in [6, 6.07) is 16.5. The van der Waals surface area contributed by atoms with Crippen LogP contribution in [0.4, 0.5) is 21.5 Å². The number of aliphatic hydroxyl groups is 1. The van der Waals surface area contributed by atoms with Gasteiger partial charge in [0, 0.05) is 18.1 Å². The molecule has 6 atom stereocenters. The number of anilines is 2. The highest BCUT2D eigenvalue weighted by Crippen LogP contribution is 2.66. The first-order valence-corrected chi connectivity index (χ1v) is 15.9. The van der Waals surface area contributed by atoms with E-state index in [0.29, 0.717) is 16.9 Å². The number of nitro groups is 1. The number of imide groups is 2. The number of fused-ring (bicyclic) bond motifs is 4. The molecule has 3 aromatic carbocycles. The van der Waals surface area contributed by atoms with Gasteiger partial charge in [-0.1, -0.05) is 29.8 Å². The van der Waals surface area contributed by atoms with Gasteiger partial charge in [0.2, 0.25) is 11.8 Å². The molecule has 2 aliphatic carbocycles. The lowest BCUT2D eigenvalue weighted by Gasteiger charge is -2.50. The van der Waals surface area contributed by atoms with Gasteiger partial charge in [0.05, 0.1) is 34.7 Å². The van der Waals surface area contributed by atoms with Crippen molar-refractivity contribution in [2.45, 2.75) is 28.5 Å². The number of non-ortho nitro benzene ring substituents is 1. The van der Waals surface area contributed by atoms with Crippen molar-refractivity contribution in [2.75, 3.05) is 23.0 Å². The zero-order valence-corrected chi connectivity index (χ0v) is 26.4. The van der Waals surface area contributed by atoms with Gasteiger partial charge in [0.15, 0.2) is 9.75 Å². The molecule has 0 bridgehead atoms. The summed E-state index contributed by atoms with van der Waals surface area (Å²) in [4.78, 5) is 65.2. The Bertz CT molecular complexity index is 1920. The van der Waals surface area contributed by atoms with Gasteiger partial charge in [-0.2, -0.15) is 0 Å². The van der Waals surface area contributed by atoms with Crippen molar-refractivity contribution >= 4 is 63.9 Å². The average molecular weight is 694 g/mol. The minimum atomic E-state index is -2.11. The molecule has 2 heterocycles. The van der Waals surface area contributed by atoms with Gasteiger partial charge in [-0.25, -0.2) is 14.2 Å². The number of carbonyl (C=O) groups excluding carboxylic acids is 4. The standard InChI is InChI=1S/C34H26Cl2FN3O8/c35-33-17-26-24(12-13-25-27(26)30(43)38(29(25)42)21-2-1-3-22(16-21)40(46)47)28(18-4-10-23(11-5-18)48-15-14-41)34(33,36)32(45)39(31(33)44)20-8-6-19(37)7-9-20/h1-12,16,25-28,41H,13-15,17H2. The Morgan fingerprint density at radius 2 is 1.62 bits per heavy atom. The van der Waals surface area contributed by atoms with Crippen LogP contribution in [0.25, 0.3) is 0 Å². The van der Waals surface area contributed by atoms with E-state index in [0.717, 1.165) is 28.0 Å². The molecule has 4 aliphatic rings. The molecule has 7 rings (SSSR count). The highest BCUT2D eigenvalue weighted by molar-refractivity contribution is 6.58. The maximum absolute atomic E-state index is 14.4. The third-order valence-corrected chi connectivity index (χ3v) is 11.2. The SMILES string of the molecule is O=C1C2CC=C3C(CC4(Cl)C(=O)N(c5ccc(F)cc5)C(=O)C4(Cl)C3c3ccc(OCCO)cc3)C2C(=O)N1c1cccc([N+](=O)[O-])c1. The van der Waals surface area contributed by atoms with Gasteiger partial charge >= 0.3 is 0 Å². The lowest BCUT2D eigenvalue weighted by Crippen LogP contribution is -2.60. The molecule has 2 saturated heterocycles. The second-order valence-corrected chi connectivity index (χ2v) is 13.4. The summed E-state index contributed by atoms with van der Waals surface area (Å²) in [5, 5.41) is 20.6. The molecule has 3 fully saturated rings. The van der Waals surface area contributed by atoms with Crippen molar-refractivity contribution in [3.63, 3.8) is 0 Å². The van der Waals surface area contributed by atoms with E-state index < -0.39 is 67.8 Å². The van der Waals surface area contributed by atoms with E-state index in [1.54, 1.807) is 30.3 Å². The zero-order chi connectivity index (χ0) is 34.1. The molecule has 11 nitrogen and oxygen atoms in total. The Labute approximate surface area is 282 Å². The monoisotopic (exact) mass is 693 g/mol. The fourth-order valence-corrected chi connectivity index (χ4v) is 8.63. The number of amides is 4. The van der Waals surface area contributed by atoms with Crippen LogP contribution in [0, 0.1) is 33.7 Å². The predicted octanol–water partition coefficient (Wildman–Crippen LogP) is 4.87. The maximum atomic E-state index is 14.4. The summed E-state index contributed by atoms with van der Waals surface area (Å²) in [6.45, 7) is -0.170. The predicted molar refractivity (Wildman–Crippen MR) is 171 cm³/mol. The van der Waals surface area contributed by atoms with Gasteiger partial charge < -0.3 is 9.84 Å². The van der Waals surface area contributed by atoms with E-state index in [1.807, 2.05) is 0 Å². The molecule has 0 radical (unpaired) electrons. The summed E-state index contributed by atoms with van der Waals surface area (Å²) >= 11 is 14.7. The van der Waals surface area contributed by atoms with Crippen LogP contribution in [0.15, 0.2) is 84.4 Å². The van der Waals surface area contributed by atoms with E-state index >= 15 is 0 Å². The summed E-state index contributed by atoms with van der Waals surface area (Å²) in [5.74, 6) is -6.74. The summed E-state index contributed by atoms with van der Waals surface area (Å²) < 4.78 is 19.4. The normalized spacial score (nSPS) is 29.4. The highest BCUT2D eigenvalue weighted by atomic mass is 35.5. The van der Waals surface area contributed by atoms with Crippen LogP contribution in [0.5, 0.6) is 5.75 Å². The molecule has 4 amide bonds. The molecule has 6 unspecified atom stereocenters. The van der Waals surface area contributed by atoms with Crippen LogP contribution in [-0.2, 0) is 19.2 Å². The fraction of sp³-hybridized carbons (Fsp3) is 0.294. The molecular formula is C34H26Cl2FN3O8. The van der Waals surface area contributed by atoms with E-state index in [1.165, 1.54) is 30.3 Å². The van der Waals surface area contributed by atoms with E-state index in [4.69, 9.17) is 33.0 Å². The molecule has 0 spiro atoms. The van der Waals surface area contributed by atoms with Crippen molar-refractivity contribution in [2.24, 2.45) is 17.8 Å². The molecule has 0 aromatic heterocycles. The Balaban J connectivity index is 1.36. The molecular weight excluding hydrogens is 668 g/mol. The van der Waals surface area contributed by atoms with Gasteiger partial charge in [0.25, 0.3) is 17.5 Å². The van der Waals surface area contributed by atoms with Crippen LogP contribution in [0.2, 0.25) is 0 Å². The molecule has 48 heavy (non-hydrogen) atoms. The number of alkyl halides is 2. The quantitative estimate of drug-likeness (QED) is 0.121. The lowest BCUT2D eigenvalue weighted by molar-refractivity contribution is -0.384. The number of hydrogen-bond donors (Lipinski definition) is 1. The first kappa shape index (κ1) is 31.9. The van der Waals surface area contributed by atoms with Crippen molar-refractivity contribution in [3.05, 3.63) is 106 Å². The average Bonchev–Trinajstić information content (AvgIpc) is 3.42. The third-order valence-electron chi connectivity index (χ3n) is 9.77. The zero-order valence-electron chi connectivity index (χ0n) is 24.9. The van der Waals surface area contributed by atoms with Crippen molar-refractivity contribution in [1.82, 2.24) is 0 Å². The van der Waals surface area contributed by atoms with Crippen LogP contribution in [-0.4, -0.2) is 56.6 Å². The number of nitro benzene ring substituents is 1. The number of rotatable bonds is 7. The molecule has 246 valence electrons. The van der Waals surface area contributed by atoms with Gasteiger partial charge in [-0.05, 0) is 66.8 Å². The Morgan fingerprint density at radius 3 is 2.29 bits per heavy atom. The minimum absolute atomic E-state index is 0.0418. The number of aliphatic hydroxyl groups excluding tert-OH is 1.